The highest BCUT2D eigenvalue weighted by atomic mass is 32.2. The van der Waals surface area contributed by atoms with Gasteiger partial charge in [-0.25, -0.2) is 13.1 Å². The van der Waals surface area contributed by atoms with E-state index < -0.39 is 20.8 Å². The van der Waals surface area contributed by atoms with Crippen molar-refractivity contribution in [1.29, 1.82) is 0 Å². The molecule has 19 heavy (non-hydrogen) atoms. The Morgan fingerprint density at radius 2 is 2.00 bits per heavy atom. The molecule has 0 spiro atoms. The normalized spacial score (nSPS) is 15.1. The number of hydrogen-bond acceptors (Lipinski definition) is 4. The number of anilines is 1. The van der Waals surface area contributed by atoms with Gasteiger partial charge in [0.15, 0.2) is 0 Å². The molecular weight excluding hydrogens is 284 g/mol. The van der Waals surface area contributed by atoms with Crippen LogP contribution in [0.4, 0.5) is 5.69 Å². The lowest BCUT2D eigenvalue weighted by Crippen LogP contribution is -2.34. The molecule has 1 aromatic rings. The largest absolute Gasteiger partial charge is 0.398 e. The molecule has 0 aliphatic carbocycles. The number of para-hydroxylation sites is 1. The van der Waals surface area contributed by atoms with Crippen LogP contribution in [0.3, 0.4) is 0 Å². The van der Waals surface area contributed by atoms with Crippen LogP contribution in [0.2, 0.25) is 0 Å². The molecule has 0 saturated heterocycles. The molecule has 3 N–H and O–H groups in total. The molecule has 1 rings (SSSR count). The zero-order valence-corrected chi connectivity index (χ0v) is 12.8. The molecule has 0 amide bonds. The molecule has 0 aliphatic heterocycles. The van der Waals surface area contributed by atoms with E-state index in [1.807, 2.05) is 0 Å². The van der Waals surface area contributed by atoms with Crippen molar-refractivity contribution in [3.63, 3.8) is 0 Å². The molecule has 5 nitrogen and oxygen atoms in total. The van der Waals surface area contributed by atoms with Crippen LogP contribution in [-0.2, 0) is 26.6 Å². The van der Waals surface area contributed by atoms with Gasteiger partial charge in [-0.2, -0.15) is 0 Å². The summed E-state index contributed by atoms with van der Waals surface area (Å²) in [5.41, 5.74) is 6.78. The quantitative estimate of drug-likeness (QED) is 0.731. The predicted octanol–water partition coefficient (Wildman–Crippen LogP) is 0.845. The van der Waals surface area contributed by atoms with Crippen LogP contribution < -0.4 is 10.5 Å². The second kappa shape index (κ2) is 7.02. The Morgan fingerprint density at radius 3 is 2.58 bits per heavy atom. The summed E-state index contributed by atoms with van der Waals surface area (Å²) >= 11 is 0. The van der Waals surface area contributed by atoms with Crippen LogP contribution in [0.5, 0.6) is 0 Å². The molecule has 0 fully saturated rings. The average Bonchev–Trinajstić information content (AvgIpc) is 2.28. The fourth-order valence-corrected chi connectivity index (χ4v) is 3.79. The van der Waals surface area contributed by atoms with Crippen molar-refractivity contribution in [2.75, 3.05) is 17.7 Å². The van der Waals surface area contributed by atoms with E-state index in [1.54, 1.807) is 37.4 Å². The number of hydrogen-bond donors (Lipinski definition) is 2. The molecule has 0 saturated carbocycles. The van der Waals surface area contributed by atoms with E-state index in [0.717, 1.165) is 0 Å². The van der Waals surface area contributed by atoms with Gasteiger partial charge in [-0.1, -0.05) is 18.2 Å². The lowest BCUT2D eigenvalue weighted by molar-refractivity contribution is 0.555. The molecule has 2 atom stereocenters. The molecule has 0 aromatic heterocycles. The maximum Gasteiger partial charge on any atom is 0.216 e. The fourth-order valence-electron chi connectivity index (χ4n) is 1.62. The van der Waals surface area contributed by atoms with Crippen molar-refractivity contribution in [1.82, 2.24) is 4.72 Å². The van der Waals surface area contributed by atoms with Crippen molar-refractivity contribution in [3.05, 3.63) is 29.8 Å². The zero-order valence-electron chi connectivity index (χ0n) is 11.1. The lowest BCUT2D eigenvalue weighted by atomic mass is 10.2. The van der Waals surface area contributed by atoms with Crippen LogP contribution in [0.1, 0.15) is 18.9 Å². The average molecular weight is 304 g/mol. The van der Waals surface area contributed by atoms with Crippen molar-refractivity contribution in [3.8, 4) is 0 Å². The number of sulfonamides is 1. The Morgan fingerprint density at radius 1 is 1.37 bits per heavy atom. The number of nitrogens with one attached hydrogen (secondary N) is 1. The number of benzene rings is 1. The van der Waals surface area contributed by atoms with Gasteiger partial charge >= 0.3 is 0 Å². The second-order valence-electron chi connectivity index (χ2n) is 4.54. The first-order valence-electron chi connectivity index (χ1n) is 5.93. The van der Waals surface area contributed by atoms with Gasteiger partial charge in [-0.05, 0) is 25.0 Å². The minimum Gasteiger partial charge on any atom is -0.398 e. The summed E-state index contributed by atoms with van der Waals surface area (Å²) in [6.45, 7) is 1.76. The summed E-state index contributed by atoms with van der Waals surface area (Å²) in [7, 11) is -4.34. The minimum atomic E-state index is -3.43. The van der Waals surface area contributed by atoms with Crippen molar-refractivity contribution in [2.24, 2.45) is 0 Å². The summed E-state index contributed by atoms with van der Waals surface area (Å²) in [6, 6.07) is 6.65. The highest BCUT2D eigenvalue weighted by Gasteiger charge is 2.16. The van der Waals surface area contributed by atoms with Gasteiger partial charge in [-0.3, -0.25) is 4.21 Å². The van der Waals surface area contributed by atoms with Crippen LogP contribution in [-0.4, -0.2) is 30.7 Å². The Hall–Kier alpha value is -0.920. The highest BCUT2D eigenvalue weighted by Crippen LogP contribution is 2.14. The van der Waals surface area contributed by atoms with E-state index in [0.29, 0.717) is 23.4 Å². The third-order valence-electron chi connectivity index (χ3n) is 2.62. The molecule has 2 unspecified atom stereocenters. The summed E-state index contributed by atoms with van der Waals surface area (Å²) in [5, 5.41) is 0. The maximum atomic E-state index is 12.0. The van der Waals surface area contributed by atoms with Gasteiger partial charge in [-0.15, -0.1) is 0 Å². The molecule has 108 valence electrons. The van der Waals surface area contributed by atoms with Gasteiger partial charge in [0, 0.05) is 34.5 Å². The van der Waals surface area contributed by atoms with Crippen LogP contribution in [0.25, 0.3) is 0 Å². The zero-order chi connectivity index (χ0) is 14.5. The summed E-state index contributed by atoms with van der Waals surface area (Å²) in [6.07, 6.45) is 2.15. The third kappa shape index (κ3) is 6.17. The SMILES string of the molecule is CC(CCS(C)=O)NS(=O)(=O)Cc1ccccc1N. The Kier molecular flexibility index (Phi) is 5.96. The minimum absolute atomic E-state index is 0.140. The molecule has 0 bridgehead atoms. The van der Waals surface area contributed by atoms with Crippen molar-refractivity contribution < 1.29 is 12.6 Å². The fraction of sp³-hybridized carbons (Fsp3) is 0.500. The molecule has 1 aromatic carbocycles. The van der Waals surface area contributed by atoms with Gasteiger partial charge in [0.25, 0.3) is 0 Å². The van der Waals surface area contributed by atoms with Gasteiger partial charge in [0.1, 0.15) is 0 Å². The third-order valence-corrected chi connectivity index (χ3v) is 4.88. The van der Waals surface area contributed by atoms with Crippen LogP contribution in [0.15, 0.2) is 24.3 Å². The van der Waals surface area contributed by atoms with E-state index in [2.05, 4.69) is 4.72 Å². The lowest BCUT2D eigenvalue weighted by Gasteiger charge is -2.14. The molecule has 0 radical (unpaired) electrons. The maximum absolute atomic E-state index is 12.0. The number of nitrogens with two attached hydrogens (primary N) is 1. The van der Waals surface area contributed by atoms with Crippen LogP contribution in [0, 0.1) is 0 Å². The van der Waals surface area contributed by atoms with E-state index in [9.17, 15) is 12.6 Å². The Labute approximate surface area is 117 Å². The summed E-state index contributed by atoms with van der Waals surface area (Å²) in [4.78, 5) is 0. The first kappa shape index (κ1) is 16.1. The highest BCUT2D eigenvalue weighted by molar-refractivity contribution is 7.88. The van der Waals surface area contributed by atoms with E-state index >= 15 is 0 Å². The summed E-state index contributed by atoms with van der Waals surface area (Å²) < 4.78 is 37.5. The monoisotopic (exact) mass is 304 g/mol. The second-order valence-corrected chi connectivity index (χ2v) is 7.85. The Bertz CT molecular complexity index is 544. The van der Waals surface area contributed by atoms with Gasteiger partial charge in [0.2, 0.25) is 10.0 Å². The van der Waals surface area contributed by atoms with Crippen molar-refractivity contribution in [2.45, 2.75) is 25.1 Å². The van der Waals surface area contributed by atoms with Gasteiger partial charge in [0.05, 0.1) is 5.75 Å². The smallest absolute Gasteiger partial charge is 0.216 e. The van der Waals surface area contributed by atoms with E-state index in [-0.39, 0.29) is 11.8 Å². The van der Waals surface area contributed by atoms with E-state index in [4.69, 9.17) is 5.73 Å². The predicted molar refractivity (Wildman–Crippen MR) is 79.6 cm³/mol. The Balaban J connectivity index is 2.62. The van der Waals surface area contributed by atoms with E-state index in [1.165, 1.54) is 0 Å². The van der Waals surface area contributed by atoms with Crippen molar-refractivity contribution >= 4 is 26.5 Å². The topological polar surface area (TPSA) is 89.3 Å². The standard InChI is InChI=1S/C12H20N2O3S2/c1-10(7-8-18(2)15)14-19(16,17)9-11-5-3-4-6-12(11)13/h3-6,10,14H,7-9,13H2,1-2H3. The molecular formula is C12H20N2O3S2. The van der Waals surface area contributed by atoms with Crippen LogP contribution >= 0.6 is 0 Å². The number of rotatable bonds is 7. The summed E-state index contributed by atoms with van der Waals surface area (Å²) in [5.74, 6) is 0.344. The molecule has 7 heteroatoms. The number of nitrogen functional groups attached to an aromatic ring is 1. The first-order chi connectivity index (χ1) is 8.80. The molecule has 0 aliphatic rings. The molecule has 0 heterocycles. The first-order valence-corrected chi connectivity index (χ1v) is 9.31. The van der Waals surface area contributed by atoms with Gasteiger partial charge < -0.3 is 5.73 Å².